The molecule has 0 bridgehead atoms. The van der Waals surface area contributed by atoms with Gasteiger partial charge in [-0.15, -0.1) is 0 Å². The number of benzene rings is 1. The number of amidine groups is 1. The van der Waals surface area contributed by atoms with Crippen LogP contribution in [0.15, 0.2) is 29.2 Å². The minimum atomic E-state index is -0.470. The van der Waals surface area contributed by atoms with Gasteiger partial charge in [-0.25, -0.2) is 0 Å². The fraction of sp³-hybridized carbons (Fsp3) is 0. The lowest BCUT2D eigenvalue weighted by Gasteiger charge is -1.97. The third kappa shape index (κ3) is 2.75. The van der Waals surface area contributed by atoms with Crippen molar-refractivity contribution in [3.63, 3.8) is 0 Å². The zero-order valence-electron chi connectivity index (χ0n) is 6.56. The number of nitrogens with zero attached hydrogens (tertiary/aromatic N) is 1. The van der Waals surface area contributed by atoms with E-state index in [-0.39, 0.29) is 10.9 Å². The van der Waals surface area contributed by atoms with E-state index in [1.54, 1.807) is 12.1 Å². The lowest BCUT2D eigenvalue weighted by atomic mass is 10.3. The summed E-state index contributed by atoms with van der Waals surface area (Å²) >= 11 is 1.06. The Balaban J connectivity index is 2.81. The van der Waals surface area contributed by atoms with Crippen molar-refractivity contribution >= 4 is 22.6 Å². The van der Waals surface area contributed by atoms with Gasteiger partial charge in [-0.1, -0.05) is 11.8 Å². The number of hydrogen-bond donors (Lipinski definition) is 2. The van der Waals surface area contributed by atoms with Gasteiger partial charge in [0.05, 0.1) is 4.92 Å². The molecule has 13 heavy (non-hydrogen) atoms. The Morgan fingerprint density at radius 1 is 1.46 bits per heavy atom. The summed E-state index contributed by atoms with van der Waals surface area (Å²) in [5.74, 6) is 0. The maximum absolute atomic E-state index is 10.3. The maximum atomic E-state index is 10.3. The minimum Gasteiger partial charge on any atom is -0.378 e. The van der Waals surface area contributed by atoms with E-state index in [9.17, 15) is 10.1 Å². The van der Waals surface area contributed by atoms with Gasteiger partial charge in [-0.2, -0.15) is 0 Å². The average molecular weight is 197 g/mol. The summed E-state index contributed by atoms with van der Waals surface area (Å²) in [6.07, 6.45) is 0. The van der Waals surface area contributed by atoms with Crippen molar-refractivity contribution in [1.29, 1.82) is 5.41 Å². The summed E-state index contributed by atoms with van der Waals surface area (Å²) < 4.78 is 0. The SMILES string of the molecule is N=C(N)Sc1ccc([N+](=O)[O-])cc1. The normalized spacial score (nSPS) is 9.54. The van der Waals surface area contributed by atoms with Crippen LogP contribution in [0.2, 0.25) is 0 Å². The molecule has 3 N–H and O–H groups in total. The number of nitrogens with two attached hydrogens (primary N) is 1. The van der Waals surface area contributed by atoms with Crippen LogP contribution >= 0.6 is 11.8 Å². The zero-order valence-corrected chi connectivity index (χ0v) is 7.38. The van der Waals surface area contributed by atoms with Crippen molar-refractivity contribution in [1.82, 2.24) is 0 Å². The lowest BCUT2D eigenvalue weighted by Crippen LogP contribution is -2.02. The second kappa shape index (κ2) is 3.90. The second-order valence-electron chi connectivity index (χ2n) is 2.22. The van der Waals surface area contributed by atoms with Crippen molar-refractivity contribution < 1.29 is 4.92 Å². The molecule has 0 fully saturated rings. The second-order valence-corrected chi connectivity index (χ2v) is 3.33. The van der Waals surface area contributed by atoms with Crippen LogP contribution in [-0.4, -0.2) is 10.1 Å². The molecule has 1 aromatic rings. The van der Waals surface area contributed by atoms with E-state index < -0.39 is 4.92 Å². The van der Waals surface area contributed by atoms with Crippen LogP contribution in [-0.2, 0) is 0 Å². The fourth-order valence-electron chi connectivity index (χ4n) is 0.763. The van der Waals surface area contributed by atoms with Crippen molar-refractivity contribution in [3.05, 3.63) is 34.4 Å². The molecule has 0 radical (unpaired) electrons. The third-order valence-corrected chi connectivity index (χ3v) is 2.00. The highest BCUT2D eigenvalue weighted by Gasteiger charge is 2.04. The first-order chi connectivity index (χ1) is 6.09. The summed E-state index contributed by atoms with van der Waals surface area (Å²) in [7, 11) is 0. The number of non-ortho nitro benzene ring substituents is 1. The van der Waals surface area contributed by atoms with Crippen LogP contribution in [0.5, 0.6) is 0 Å². The third-order valence-electron chi connectivity index (χ3n) is 1.28. The largest absolute Gasteiger partial charge is 0.378 e. The van der Waals surface area contributed by atoms with Crippen molar-refractivity contribution in [2.75, 3.05) is 0 Å². The molecule has 0 heterocycles. The Labute approximate surface area is 78.6 Å². The van der Waals surface area contributed by atoms with Gasteiger partial charge >= 0.3 is 0 Å². The molecule has 1 aromatic carbocycles. The minimum absolute atomic E-state index is 0.0335. The molecule has 5 nitrogen and oxygen atoms in total. The molecule has 1 rings (SSSR count). The molecule has 0 aliphatic rings. The maximum Gasteiger partial charge on any atom is 0.269 e. The highest BCUT2D eigenvalue weighted by Crippen LogP contribution is 2.20. The van der Waals surface area contributed by atoms with Gasteiger partial charge in [0.2, 0.25) is 0 Å². The topological polar surface area (TPSA) is 93.0 Å². The van der Waals surface area contributed by atoms with E-state index in [1.807, 2.05) is 0 Å². The first-order valence-corrected chi connectivity index (χ1v) is 4.17. The Morgan fingerprint density at radius 3 is 2.38 bits per heavy atom. The Morgan fingerprint density at radius 2 is 2.00 bits per heavy atom. The lowest BCUT2D eigenvalue weighted by molar-refractivity contribution is -0.384. The molecule has 0 atom stereocenters. The van der Waals surface area contributed by atoms with Gasteiger partial charge in [-0.3, -0.25) is 15.5 Å². The van der Waals surface area contributed by atoms with E-state index in [1.165, 1.54) is 12.1 Å². The molecule has 68 valence electrons. The fourth-order valence-corrected chi connectivity index (χ4v) is 1.29. The number of nitro benzene ring substituents is 1. The first kappa shape index (κ1) is 9.53. The number of thioether (sulfide) groups is 1. The molecule has 0 spiro atoms. The highest BCUT2D eigenvalue weighted by atomic mass is 32.2. The first-order valence-electron chi connectivity index (χ1n) is 3.36. The molecule has 0 amide bonds. The number of rotatable bonds is 2. The smallest absolute Gasteiger partial charge is 0.269 e. The Kier molecular flexibility index (Phi) is 2.86. The van der Waals surface area contributed by atoms with Crippen LogP contribution in [0.3, 0.4) is 0 Å². The van der Waals surface area contributed by atoms with Gasteiger partial charge in [-0.05, 0) is 12.1 Å². The van der Waals surface area contributed by atoms with E-state index in [0.29, 0.717) is 0 Å². The van der Waals surface area contributed by atoms with Crippen LogP contribution in [0.4, 0.5) is 5.69 Å². The Bertz CT molecular complexity index is 336. The van der Waals surface area contributed by atoms with Crippen LogP contribution in [0.1, 0.15) is 0 Å². The van der Waals surface area contributed by atoms with Gasteiger partial charge < -0.3 is 5.73 Å². The highest BCUT2D eigenvalue weighted by molar-refractivity contribution is 8.13. The summed E-state index contributed by atoms with van der Waals surface area (Å²) in [4.78, 5) is 10.5. The molecule has 0 unspecified atom stereocenters. The summed E-state index contributed by atoms with van der Waals surface area (Å²) in [6.45, 7) is 0. The standard InChI is InChI=1S/C7H7N3O2S/c8-7(9)13-6-3-1-5(2-4-6)10(11)12/h1-4H,(H3,8,9). The van der Waals surface area contributed by atoms with E-state index in [2.05, 4.69) is 0 Å². The number of hydrogen-bond acceptors (Lipinski definition) is 4. The molecule has 0 saturated heterocycles. The average Bonchev–Trinajstić information content (AvgIpc) is 2.04. The van der Waals surface area contributed by atoms with Gasteiger partial charge in [0.1, 0.15) is 0 Å². The summed E-state index contributed by atoms with van der Waals surface area (Å²) in [5.41, 5.74) is 5.17. The van der Waals surface area contributed by atoms with Gasteiger partial charge in [0, 0.05) is 17.0 Å². The predicted molar refractivity (Wildman–Crippen MR) is 50.9 cm³/mol. The molecular formula is C7H7N3O2S. The molecular weight excluding hydrogens is 190 g/mol. The molecule has 0 saturated carbocycles. The molecule has 0 aliphatic heterocycles. The van der Waals surface area contributed by atoms with Crippen molar-refractivity contribution in [3.8, 4) is 0 Å². The molecule has 0 aromatic heterocycles. The summed E-state index contributed by atoms with van der Waals surface area (Å²) in [5, 5.41) is 17.2. The van der Waals surface area contributed by atoms with Crippen molar-refractivity contribution in [2.45, 2.75) is 4.90 Å². The van der Waals surface area contributed by atoms with Gasteiger partial charge in [0.15, 0.2) is 5.17 Å². The van der Waals surface area contributed by atoms with E-state index in [4.69, 9.17) is 11.1 Å². The van der Waals surface area contributed by atoms with Crippen molar-refractivity contribution in [2.24, 2.45) is 5.73 Å². The predicted octanol–water partition coefficient (Wildman–Crippen LogP) is 1.58. The van der Waals surface area contributed by atoms with E-state index >= 15 is 0 Å². The number of nitro groups is 1. The van der Waals surface area contributed by atoms with Crippen LogP contribution in [0.25, 0.3) is 0 Å². The monoisotopic (exact) mass is 197 g/mol. The van der Waals surface area contributed by atoms with Crippen LogP contribution < -0.4 is 5.73 Å². The van der Waals surface area contributed by atoms with Crippen LogP contribution in [0, 0.1) is 15.5 Å². The molecule has 0 aliphatic carbocycles. The quantitative estimate of drug-likeness (QED) is 0.247. The van der Waals surface area contributed by atoms with E-state index in [0.717, 1.165) is 16.7 Å². The number of nitrogens with one attached hydrogen (secondary N) is 1. The summed E-state index contributed by atoms with van der Waals surface area (Å²) in [6, 6.07) is 5.88. The molecule has 6 heteroatoms. The zero-order chi connectivity index (χ0) is 9.84. The van der Waals surface area contributed by atoms with Gasteiger partial charge in [0.25, 0.3) is 5.69 Å². The Hall–Kier alpha value is -1.56.